The molecule has 0 nitrogen and oxygen atoms in total. The van der Waals surface area contributed by atoms with Crippen LogP contribution < -0.4 is 0 Å². The van der Waals surface area contributed by atoms with E-state index in [1.54, 1.807) is 0 Å². The van der Waals surface area contributed by atoms with Crippen LogP contribution in [-0.2, 0) is 0 Å². The lowest BCUT2D eigenvalue weighted by atomic mass is 9.97. The van der Waals surface area contributed by atoms with Crippen LogP contribution >= 0.6 is 0 Å². The Balaban J connectivity index is 2.82. The molecule has 0 saturated heterocycles. The summed E-state index contributed by atoms with van der Waals surface area (Å²) in [5.41, 5.74) is 1.12. The Bertz CT molecular complexity index is 226. The average Bonchev–Trinajstić information content (AvgIpc) is 2.06. The molecule has 0 saturated carbocycles. The van der Waals surface area contributed by atoms with Gasteiger partial charge in [0.2, 0.25) is 0 Å². The molecular formula is C11H16. The summed E-state index contributed by atoms with van der Waals surface area (Å²) in [4.78, 5) is 0. The minimum absolute atomic E-state index is 0.407. The first-order valence-electron chi connectivity index (χ1n) is 4.72. The van der Waals surface area contributed by atoms with E-state index in [-0.39, 0.29) is 0 Å². The molecule has 0 N–H and O–H groups in total. The predicted octanol–water partition coefficient (Wildman–Crippen LogP) is 3.59. The predicted molar refractivity (Wildman–Crippen MR) is 49.8 cm³/mol. The molecule has 60 valence electrons. The highest BCUT2D eigenvalue weighted by Crippen LogP contribution is 2.19. The van der Waals surface area contributed by atoms with Crippen molar-refractivity contribution in [3.05, 3.63) is 35.9 Å². The number of hydrogen-bond acceptors (Lipinski definition) is 0. The zero-order valence-electron chi connectivity index (χ0n) is 8.30. The number of rotatable bonds is 3. The lowest BCUT2D eigenvalue weighted by molar-refractivity contribution is 0.665. The van der Waals surface area contributed by atoms with Gasteiger partial charge in [0.25, 0.3) is 0 Å². The van der Waals surface area contributed by atoms with Gasteiger partial charge >= 0.3 is 0 Å². The van der Waals surface area contributed by atoms with E-state index < -0.39 is 5.89 Å². The van der Waals surface area contributed by atoms with Crippen molar-refractivity contribution in [3.63, 3.8) is 0 Å². The topological polar surface area (TPSA) is 0 Å². The summed E-state index contributed by atoms with van der Waals surface area (Å²) in [7, 11) is 0. The van der Waals surface area contributed by atoms with Crippen LogP contribution in [0, 0.1) is 0 Å². The first kappa shape index (κ1) is 6.90. The molecule has 1 unspecified atom stereocenters. The van der Waals surface area contributed by atoms with Crippen molar-refractivity contribution in [1.82, 2.24) is 0 Å². The molecule has 0 heterocycles. The van der Waals surface area contributed by atoms with E-state index in [0.29, 0.717) is 0 Å². The molecule has 0 amide bonds. The first-order valence-corrected chi connectivity index (χ1v) is 4.22. The van der Waals surface area contributed by atoms with Crippen molar-refractivity contribution in [2.24, 2.45) is 0 Å². The van der Waals surface area contributed by atoms with Crippen molar-refractivity contribution >= 4 is 0 Å². The fourth-order valence-corrected chi connectivity index (χ4v) is 1.24. The van der Waals surface area contributed by atoms with Crippen molar-refractivity contribution in [2.75, 3.05) is 0 Å². The molecule has 0 fully saturated rings. The van der Waals surface area contributed by atoms with E-state index in [4.69, 9.17) is 1.37 Å². The van der Waals surface area contributed by atoms with Crippen LogP contribution in [0.15, 0.2) is 30.3 Å². The van der Waals surface area contributed by atoms with Crippen LogP contribution in [0.4, 0.5) is 0 Å². The molecule has 0 radical (unpaired) electrons. The molecule has 0 aliphatic heterocycles. The Morgan fingerprint density at radius 2 is 2.00 bits per heavy atom. The van der Waals surface area contributed by atoms with Crippen molar-refractivity contribution in [2.45, 2.75) is 32.6 Å². The van der Waals surface area contributed by atoms with E-state index in [0.717, 1.165) is 18.4 Å². The summed E-state index contributed by atoms with van der Waals surface area (Å²) in [6.07, 6.45) is 1.99. The SMILES string of the molecule is [2H]C(C)(CCC)c1ccccc1. The zero-order chi connectivity index (χ0) is 9.03. The summed E-state index contributed by atoms with van der Waals surface area (Å²) in [5.74, 6) is -0.407. The Kier molecular flexibility index (Phi) is 2.62. The Labute approximate surface area is 70.7 Å². The molecule has 0 aromatic heterocycles. The molecule has 0 bridgehead atoms. The first-order chi connectivity index (χ1) is 5.67. The smallest absolute Gasteiger partial charge is 0.0349 e. The zero-order valence-corrected chi connectivity index (χ0v) is 7.30. The maximum Gasteiger partial charge on any atom is 0.0349 e. The Morgan fingerprint density at radius 3 is 2.55 bits per heavy atom. The maximum absolute atomic E-state index is 8.07. The highest BCUT2D eigenvalue weighted by Gasteiger charge is 2.01. The van der Waals surface area contributed by atoms with Crippen LogP contribution in [0.25, 0.3) is 0 Å². The number of hydrogen-bond donors (Lipinski definition) is 0. The van der Waals surface area contributed by atoms with E-state index in [9.17, 15) is 0 Å². The van der Waals surface area contributed by atoms with E-state index in [2.05, 4.69) is 6.92 Å². The van der Waals surface area contributed by atoms with Crippen LogP contribution in [0.3, 0.4) is 0 Å². The molecule has 1 rings (SSSR count). The van der Waals surface area contributed by atoms with Crippen LogP contribution in [0.2, 0.25) is 0 Å². The minimum Gasteiger partial charge on any atom is -0.0654 e. The van der Waals surface area contributed by atoms with Crippen molar-refractivity contribution < 1.29 is 1.37 Å². The fourth-order valence-electron chi connectivity index (χ4n) is 1.24. The summed E-state index contributed by atoms with van der Waals surface area (Å²) >= 11 is 0. The third-order valence-electron chi connectivity index (χ3n) is 1.89. The lowest BCUT2D eigenvalue weighted by Crippen LogP contribution is -1.91. The van der Waals surface area contributed by atoms with Gasteiger partial charge in [-0.3, -0.25) is 0 Å². The van der Waals surface area contributed by atoms with E-state index in [1.165, 1.54) is 0 Å². The highest BCUT2D eigenvalue weighted by molar-refractivity contribution is 5.18. The van der Waals surface area contributed by atoms with Gasteiger partial charge in [0, 0.05) is 1.37 Å². The van der Waals surface area contributed by atoms with Crippen molar-refractivity contribution in [1.29, 1.82) is 0 Å². The second kappa shape index (κ2) is 4.17. The Hall–Kier alpha value is -0.780. The molecule has 1 aromatic carbocycles. The van der Waals surface area contributed by atoms with Gasteiger partial charge in [0.15, 0.2) is 0 Å². The van der Waals surface area contributed by atoms with Gasteiger partial charge in [0.05, 0.1) is 0 Å². The summed E-state index contributed by atoms with van der Waals surface area (Å²) < 4.78 is 8.07. The summed E-state index contributed by atoms with van der Waals surface area (Å²) in [5, 5.41) is 0. The average molecular weight is 149 g/mol. The highest BCUT2D eigenvalue weighted by atomic mass is 14.1. The van der Waals surface area contributed by atoms with Gasteiger partial charge in [-0.25, -0.2) is 0 Å². The van der Waals surface area contributed by atoms with E-state index >= 15 is 0 Å². The largest absolute Gasteiger partial charge is 0.0654 e. The van der Waals surface area contributed by atoms with Gasteiger partial charge < -0.3 is 0 Å². The van der Waals surface area contributed by atoms with E-state index in [1.807, 2.05) is 37.3 Å². The second-order valence-corrected chi connectivity index (χ2v) is 2.90. The van der Waals surface area contributed by atoms with Gasteiger partial charge in [0.1, 0.15) is 0 Å². The van der Waals surface area contributed by atoms with Crippen LogP contribution in [0.5, 0.6) is 0 Å². The standard InChI is InChI=1S/C11H16/c1-3-7-10(2)11-8-5-4-6-9-11/h4-6,8-10H,3,7H2,1-2H3/i10D. The van der Waals surface area contributed by atoms with Gasteiger partial charge in [-0.15, -0.1) is 0 Å². The fraction of sp³-hybridized carbons (Fsp3) is 0.455. The number of benzene rings is 1. The molecule has 0 spiro atoms. The Morgan fingerprint density at radius 1 is 1.36 bits per heavy atom. The molecule has 1 aromatic rings. The third-order valence-corrected chi connectivity index (χ3v) is 1.89. The molecular weight excluding hydrogens is 132 g/mol. The molecule has 0 aliphatic carbocycles. The molecule has 0 aliphatic rings. The van der Waals surface area contributed by atoms with Crippen molar-refractivity contribution in [3.8, 4) is 0 Å². The van der Waals surface area contributed by atoms with Gasteiger partial charge in [-0.2, -0.15) is 0 Å². The molecule has 11 heavy (non-hydrogen) atoms. The molecule has 0 heteroatoms. The molecule has 1 atom stereocenters. The quantitative estimate of drug-likeness (QED) is 0.616. The monoisotopic (exact) mass is 149 g/mol. The minimum atomic E-state index is -0.407. The summed E-state index contributed by atoms with van der Waals surface area (Å²) in [6.45, 7) is 4.10. The third kappa shape index (κ3) is 2.38. The second-order valence-electron chi connectivity index (χ2n) is 2.90. The lowest BCUT2D eigenvalue weighted by Gasteiger charge is -2.08. The summed E-state index contributed by atoms with van der Waals surface area (Å²) in [6, 6.07) is 10.0. The normalized spacial score (nSPS) is 17.1. The van der Waals surface area contributed by atoms with Crippen LogP contribution in [-0.4, -0.2) is 0 Å². The van der Waals surface area contributed by atoms with Gasteiger partial charge in [-0.05, 0) is 17.9 Å². The van der Waals surface area contributed by atoms with Gasteiger partial charge in [-0.1, -0.05) is 50.6 Å². The maximum atomic E-state index is 8.07. The van der Waals surface area contributed by atoms with Crippen LogP contribution in [0.1, 0.15) is 39.5 Å².